The number of rotatable bonds is 7. The molecule has 1 aromatic carbocycles. The Labute approximate surface area is 146 Å². The minimum absolute atomic E-state index is 0.533. The Hall–Kier alpha value is -2.73. The molecule has 6 heteroatoms. The first-order valence-corrected chi connectivity index (χ1v) is 8.47. The zero-order chi connectivity index (χ0) is 17.6. The zero-order valence-corrected chi connectivity index (χ0v) is 14.5. The number of hydrogen-bond acceptors (Lipinski definition) is 6. The molecule has 0 unspecified atom stereocenters. The van der Waals surface area contributed by atoms with Crippen LogP contribution in [0.25, 0.3) is 21.8 Å². The summed E-state index contributed by atoms with van der Waals surface area (Å²) in [4.78, 5) is 11.3. The normalized spacial score (nSPS) is 11.8. The Morgan fingerprint density at radius 3 is 2.80 bits per heavy atom. The van der Waals surface area contributed by atoms with E-state index in [-0.39, 0.29) is 0 Å². The van der Waals surface area contributed by atoms with Gasteiger partial charge in [0.05, 0.1) is 17.4 Å². The van der Waals surface area contributed by atoms with Gasteiger partial charge in [0.25, 0.3) is 0 Å². The van der Waals surface area contributed by atoms with Crippen molar-refractivity contribution in [1.82, 2.24) is 14.9 Å². The number of pyridine rings is 2. The number of aromatic nitrogens is 2. The predicted molar refractivity (Wildman–Crippen MR) is 99.7 cm³/mol. The van der Waals surface area contributed by atoms with Crippen molar-refractivity contribution in [3.8, 4) is 5.75 Å². The van der Waals surface area contributed by atoms with Gasteiger partial charge >= 0.3 is 0 Å². The van der Waals surface area contributed by atoms with E-state index in [1.165, 1.54) is 6.21 Å². The summed E-state index contributed by atoms with van der Waals surface area (Å²) in [7, 11) is 0. The molecule has 130 valence electrons. The summed E-state index contributed by atoms with van der Waals surface area (Å²) >= 11 is 0. The molecular weight excluding hydrogens is 316 g/mol. The molecule has 0 spiro atoms. The standard InChI is InChI=1S/C19H22N4O2/c1-3-23(4-2)10-11-25-17-12-15(13-21-24)22-19-16(17)8-7-14-6-5-9-20-18(14)19/h5-9,12-13,24H,3-4,10-11H2,1-2H3. The van der Waals surface area contributed by atoms with E-state index in [9.17, 15) is 0 Å². The molecule has 3 aromatic rings. The average Bonchev–Trinajstić information content (AvgIpc) is 2.65. The molecule has 0 aliphatic rings. The molecule has 2 heterocycles. The van der Waals surface area contributed by atoms with Crippen LogP contribution in [-0.4, -0.2) is 52.5 Å². The van der Waals surface area contributed by atoms with Crippen molar-refractivity contribution >= 4 is 28.0 Å². The lowest BCUT2D eigenvalue weighted by molar-refractivity contribution is 0.224. The van der Waals surface area contributed by atoms with E-state index >= 15 is 0 Å². The highest BCUT2D eigenvalue weighted by molar-refractivity contribution is 6.05. The summed E-state index contributed by atoms with van der Waals surface area (Å²) in [5.74, 6) is 0.722. The van der Waals surface area contributed by atoms with Crippen molar-refractivity contribution in [3.63, 3.8) is 0 Å². The summed E-state index contributed by atoms with van der Waals surface area (Å²) in [6, 6.07) is 9.70. The molecule has 0 fully saturated rings. The molecular formula is C19H22N4O2. The van der Waals surface area contributed by atoms with Crippen molar-refractivity contribution in [2.45, 2.75) is 13.8 Å². The van der Waals surface area contributed by atoms with Gasteiger partial charge in [0.1, 0.15) is 17.9 Å². The van der Waals surface area contributed by atoms with Crippen molar-refractivity contribution in [1.29, 1.82) is 0 Å². The van der Waals surface area contributed by atoms with Crippen LogP contribution in [-0.2, 0) is 0 Å². The number of hydrogen-bond donors (Lipinski definition) is 1. The number of nitrogens with zero attached hydrogens (tertiary/aromatic N) is 4. The first-order chi connectivity index (χ1) is 12.3. The second kappa shape index (κ2) is 7.90. The van der Waals surface area contributed by atoms with Gasteiger partial charge in [-0.1, -0.05) is 31.1 Å². The fourth-order valence-electron chi connectivity index (χ4n) is 2.88. The molecule has 0 atom stereocenters. The van der Waals surface area contributed by atoms with Crippen LogP contribution in [0.4, 0.5) is 0 Å². The van der Waals surface area contributed by atoms with Crippen LogP contribution in [0.15, 0.2) is 41.7 Å². The molecule has 0 aliphatic carbocycles. The Balaban J connectivity index is 2.02. The molecule has 3 rings (SSSR count). The third kappa shape index (κ3) is 3.69. The third-order valence-corrected chi connectivity index (χ3v) is 4.28. The number of ether oxygens (including phenoxy) is 1. The number of benzene rings is 1. The Morgan fingerprint density at radius 1 is 1.20 bits per heavy atom. The number of oxime groups is 1. The second-order valence-corrected chi connectivity index (χ2v) is 5.70. The first kappa shape index (κ1) is 17.1. The zero-order valence-electron chi connectivity index (χ0n) is 14.5. The molecule has 0 saturated carbocycles. The monoisotopic (exact) mass is 338 g/mol. The van der Waals surface area contributed by atoms with Crippen LogP contribution in [0.2, 0.25) is 0 Å². The fourth-order valence-corrected chi connectivity index (χ4v) is 2.88. The SMILES string of the molecule is CCN(CC)CCOc1cc(C=NO)nc2c1ccc1cccnc12. The van der Waals surface area contributed by atoms with Crippen molar-refractivity contribution in [2.24, 2.45) is 5.16 Å². The second-order valence-electron chi connectivity index (χ2n) is 5.70. The Morgan fingerprint density at radius 2 is 2.04 bits per heavy atom. The lowest BCUT2D eigenvalue weighted by atomic mass is 10.1. The highest BCUT2D eigenvalue weighted by atomic mass is 16.5. The van der Waals surface area contributed by atoms with Gasteiger partial charge in [-0.15, -0.1) is 0 Å². The van der Waals surface area contributed by atoms with Crippen molar-refractivity contribution in [3.05, 3.63) is 42.2 Å². The topological polar surface area (TPSA) is 70.8 Å². The summed E-state index contributed by atoms with van der Waals surface area (Å²) in [6.07, 6.45) is 3.05. The number of likely N-dealkylation sites (N-methyl/N-ethyl adjacent to an activating group) is 1. The van der Waals surface area contributed by atoms with Crippen LogP contribution in [0.3, 0.4) is 0 Å². The summed E-state index contributed by atoms with van der Waals surface area (Å²) in [6.45, 7) is 7.70. The minimum atomic E-state index is 0.533. The van der Waals surface area contributed by atoms with Crippen LogP contribution in [0, 0.1) is 0 Å². The maximum Gasteiger partial charge on any atom is 0.131 e. The van der Waals surface area contributed by atoms with Crippen LogP contribution < -0.4 is 4.74 Å². The third-order valence-electron chi connectivity index (χ3n) is 4.28. The summed E-state index contributed by atoms with van der Waals surface area (Å²) < 4.78 is 6.04. The summed E-state index contributed by atoms with van der Waals surface area (Å²) in [5, 5.41) is 13.9. The van der Waals surface area contributed by atoms with Gasteiger partial charge in [-0.05, 0) is 25.2 Å². The predicted octanol–water partition coefficient (Wildman–Crippen LogP) is 3.31. The van der Waals surface area contributed by atoms with E-state index in [1.807, 2.05) is 24.3 Å². The van der Waals surface area contributed by atoms with E-state index in [0.29, 0.717) is 12.3 Å². The highest BCUT2D eigenvalue weighted by Crippen LogP contribution is 2.30. The van der Waals surface area contributed by atoms with Crippen molar-refractivity contribution in [2.75, 3.05) is 26.2 Å². The maximum absolute atomic E-state index is 8.87. The van der Waals surface area contributed by atoms with E-state index in [0.717, 1.165) is 47.2 Å². The highest BCUT2D eigenvalue weighted by Gasteiger charge is 2.11. The molecule has 25 heavy (non-hydrogen) atoms. The van der Waals surface area contributed by atoms with Gasteiger partial charge in [0.15, 0.2) is 0 Å². The van der Waals surface area contributed by atoms with Gasteiger partial charge in [0, 0.05) is 29.6 Å². The largest absolute Gasteiger partial charge is 0.491 e. The van der Waals surface area contributed by atoms with E-state index in [2.05, 4.69) is 33.9 Å². The average molecular weight is 338 g/mol. The molecule has 0 bridgehead atoms. The number of fused-ring (bicyclic) bond motifs is 3. The van der Waals surface area contributed by atoms with Gasteiger partial charge in [-0.25, -0.2) is 4.98 Å². The van der Waals surface area contributed by atoms with Gasteiger partial charge in [-0.2, -0.15) is 0 Å². The first-order valence-electron chi connectivity index (χ1n) is 8.47. The lowest BCUT2D eigenvalue weighted by Crippen LogP contribution is -2.27. The van der Waals surface area contributed by atoms with Gasteiger partial charge < -0.3 is 14.8 Å². The fraction of sp³-hybridized carbons (Fsp3) is 0.316. The van der Waals surface area contributed by atoms with E-state index < -0.39 is 0 Å². The van der Waals surface area contributed by atoms with Crippen LogP contribution >= 0.6 is 0 Å². The van der Waals surface area contributed by atoms with E-state index in [1.54, 1.807) is 12.3 Å². The molecule has 1 N–H and O–H groups in total. The molecule has 0 aliphatic heterocycles. The van der Waals surface area contributed by atoms with Gasteiger partial charge in [-0.3, -0.25) is 4.98 Å². The Kier molecular flexibility index (Phi) is 5.40. The van der Waals surface area contributed by atoms with Crippen molar-refractivity contribution < 1.29 is 9.94 Å². The van der Waals surface area contributed by atoms with Gasteiger partial charge in [0.2, 0.25) is 0 Å². The Bertz CT molecular complexity index is 891. The summed E-state index contributed by atoms with van der Waals surface area (Å²) in [5.41, 5.74) is 2.08. The molecule has 0 amide bonds. The van der Waals surface area contributed by atoms with E-state index in [4.69, 9.17) is 9.94 Å². The molecule has 6 nitrogen and oxygen atoms in total. The lowest BCUT2D eigenvalue weighted by Gasteiger charge is -2.18. The molecule has 0 radical (unpaired) electrons. The molecule has 0 saturated heterocycles. The minimum Gasteiger partial charge on any atom is -0.491 e. The van der Waals surface area contributed by atoms with Crippen LogP contribution in [0.5, 0.6) is 5.75 Å². The van der Waals surface area contributed by atoms with Crippen LogP contribution in [0.1, 0.15) is 19.5 Å². The smallest absolute Gasteiger partial charge is 0.131 e. The maximum atomic E-state index is 8.87. The quantitative estimate of drug-likeness (QED) is 0.310. The molecule has 2 aromatic heterocycles.